The lowest BCUT2D eigenvalue weighted by Crippen LogP contribution is -2.18. The molecule has 3 rings (SSSR count). The fraction of sp³-hybridized carbons (Fsp3) is 0.273. The lowest BCUT2D eigenvalue weighted by atomic mass is 10.2. The summed E-state index contributed by atoms with van der Waals surface area (Å²) in [4.78, 5) is 4.32. The van der Waals surface area contributed by atoms with Crippen molar-refractivity contribution in [1.82, 2.24) is 10.1 Å². The first-order valence-electron chi connectivity index (χ1n) is 5.17. The molecule has 17 heavy (non-hydrogen) atoms. The van der Waals surface area contributed by atoms with Crippen molar-refractivity contribution >= 4 is 27.5 Å². The van der Waals surface area contributed by atoms with Gasteiger partial charge in [-0.25, -0.2) is 0 Å². The van der Waals surface area contributed by atoms with Crippen LogP contribution in [0.5, 0.6) is 0 Å². The third-order valence-corrected chi connectivity index (χ3v) is 4.03. The summed E-state index contributed by atoms with van der Waals surface area (Å²) in [5, 5.41) is 4.58. The number of halogens is 2. The Bertz CT molecular complexity index is 580. The molecular weight excluding hydrogens is 305 g/mol. The van der Waals surface area contributed by atoms with Crippen LogP contribution in [0.3, 0.4) is 0 Å². The average Bonchev–Trinajstić information content (AvgIpc) is 2.88. The topological polar surface area (TPSA) is 64.9 Å². The van der Waals surface area contributed by atoms with Crippen LogP contribution in [0, 0.1) is 0 Å². The van der Waals surface area contributed by atoms with E-state index in [1.807, 2.05) is 12.1 Å². The molecule has 0 radical (unpaired) electrons. The highest BCUT2D eigenvalue weighted by molar-refractivity contribution is 9.10. The van der Waals surface area contributed by atoms with E-state index in [2.05, 4.69) is 26.1 Å². The van der Waals surface area contributed by atoms with Crippen LogP contribution in [-0.2, 0) is 5.54 Å². The molecular formula is C11H9BrClN3O. The molecule has 1 heterocycles. The lowest BCUT2D eigenvalue weighted by Gasteiger charge is -1.99. The molecule has 2 N–H and O–H groups in total. The fourth-order valence-electron chi connectivity index (χ4n) is 1.53. The summed E-state index contributed by atoms with van der Waals surface area (Å²) in [5.74, 6) is 1.05. The zero-order valence-corrected chi connectivity index (χ0v) is 11.1. The van der Waals surface area contributed by atoms with Crippen molar-refractivity contribution in [3.63, 3.8) is 0 Å². The second-order valence-electron chi connectivity index (χ2n) is 4.21. The molecule has 1 saturated carbocycles. The summed E-state index contributed by atoms with van der Waals surface area (Å²) >= 11 is 9.28. The molecule has 1 aromatic heterocycles. The third-order valence-electron chi connectivity index (χ3n) is 2.82. The van der Waals surface area contributed by atoms with Crippen LogP contribution in [0.4, 0.5) is 0 Å². The van der Waals surface area contributed by atoms with Crippen LogP contribution in [-0.4, -0.2) is 10.1 Å². The maximum absolute atomic E-state index is 5.99. The van der Waals surface area contributed by atoms with Gasteiger partial charge in [0.2, 0.25) is 11.7 Å². The van der Waals surface area contributed by atoms with Gasteiger partial charge in [0, 0.05) is 10.0 Å². The van der Waals surface area contributed by atoms with Gasteiger partial charge in [-0.2, -0.15) is 4.98 Å². The Morgan fingerprint density at radius 2 is 2.18 bits per heavy atom. The molecule has 0 amide bonds. The molecule has 0 aliphatic heterocycles. The molecule has 0 atom stereocenters. The minimum Gasteiger partial charge on any atom is -0.337 e. The molecule has 88 valence electrons. The van der Waals surface area contributed by atoms with E-state index < -0.39 is 5.54 Å². The lowest BCUT2D eigenvalue weighted by molar-refractivity contribution is 0.348. The van der Waals surface area contributed by atoms with E-state index in [0.29, 0.717) is 16.7 Å². The van der Waals surface area contributed by atoms with Gasteiger partial charge in [0.15, 0.2) is 0 Å². The van der Waals surface area contributed by atoms with Gasteiger partial charge in [-0.1, -0.05) is 16.8 Å². The van der Waals surface area contributed by atoms with Crippen LogP contribution >= 0.6 is 27.5 Å². The van der Waals surface area contributed by atoms with Crippen molar-refractivity contribution in [1.29, 1.82) is 0 Å². The number of benzene rings is 1. The zero-order chi connectivity index (χ0) is 12.0. The SMILES string of the molecule is NC1(c2nc(-c3ccc(Cl)c(Br)c3)no2)CC1. The Morgan fingerprint density at radius 1 is 1.41 bits per heavy atom. The molecule has 1 fully saturated rings. The van der Waals surface area contributed by atoms with E-state index in [0.717, 1.165) is 22.9 Å². The first kappa shape index (κ1) is 11.2. The van der Waals surface area contributed by atoms with Crippen molar-refractivity contribution in [2.24, 2.45) is 5.73 Å². The first-order valence-corrected chi connectivity index (χ1v) is 6.34. The van der Waals surface area contributed by atoms with Crippen LogP contribution in [0.25, 0.3) is 11.4 Å². The predicted molar refractivity (Wildman–Crippen MR) is 67.5 cm³/mol. The van der Waals surface area contributed by atoms with E-state index in [-0.39, 0.29) is 0 Å². The maximum Gasteiger partial charge on any atom is 0.247 e. The highest BCUT2D eigenvalue weighted by atomic mass is 79.9. The quantitative estimate of drug-likeness (QED) is 0.925. The number of nitrogens with zero attached hydrogens (tertiary/aromatic N) is 2. The van der Waals surface area contributed by atoms with Crippen LogP contribution < -0.4 is 5.73 Å². The molecule has 0 saturated heterocycles. The van der Waals surface area contributed by atoms with Gasteiger partial charge in [0.25, 0.3) is 0 Å². The second kappa shape index (κ2) is 3.80. The van der Waals surface area contributed by atoms with Crippen molar-refractivity contribution in [3.8, 4) is 11.4 Å². The summed E-state index contributed by atoms with van der Waals surface area (Å²) < 4.78 is 5.98. The summed E-state index contributed by atoms with van der Waals surface area (Å²) in [6, 6.07) is 5.48. The molecule has 6 heteroatoms. The Hall–Kier alpha value is -0.910. The van der Waals surface area contributed by atoms with Gasteiger partial charge < -0.3 is 10.3 Å². The monoisotopic (exact) mass is 313 g/mol. The van der Waals surface area contributed by atoms with Crippen LogP contribution in [0.1, 0.15) is 18.7 Å². The standard InChI is InChI=1S/C11H9BrClN3O/c12-7-5-6(1-2-8(7)13)9-15-10(17-16-9)11(14)3-4-11/h1-2,5H,3-4,14H2. The Kier molecular flexibility index (Phi) is 2.50. The number of aromatic nitrogens is 2. The number of hydrogen-bond acceptors (Lipinski definition) is 4. The Labute approximate surface area is 111 Å². The molecule has 0 unspecified atom stereocenters. The van der Waals surface area contributed by atoms with E-state index in [1.165, 1.54) is 0 Å². The highest BCUT2D eigenvalue weighted by Crippen LogP contribution is 2.42. The third kappa shape index (κ3) is 1.99. The molecule has 4 nitrogen and oxygen atoms in total. The molecule has 1 aliphatic carbocycles. The van der Waals surface area contributed by atoms with E-state index in [4.69, 9.17) is 21.9 Å². The van der Waals surface area contributed by atoms with Crippen molar-refractivity contribution in [2.75, 3.05) is 0 Å². The van der Waals surface area contributed by atoms with Crippen molar-refractivity contribution in [2.45, 2.75) is 18.4 Å². The van der Waals surface area contributed by atoms with E-state index in [9.17, 15) is 0 Å². The van der Waals surface area contributed by atoms with E-state index in [1.54, 1.807) is 6.07 Å². The van der Waals surface area contributed by atoms with Crippen molar-refractivity contribution in [3.05, 3.63) is 33.6 Å². The van der Waals surface area contributed by atoms with Gasteiger partial charge in [-0.15, -0.1) is 0 Å². The highest BCUT2D eigenvalue weighted by Gasteiger charge is 2.45. The predicted octanol–water partition coefficient (Wildman–Crippen LogP) is 3.10. The molecule has 1 aliphatic rings. The number of nitrogens with two attached hydrogens (primary N) is 1. The zero-order valence-electron chi connectivity index (χ0n) is 8.78. The fourth-order valence-corrected chi connectivity index (χ4v) is 2.02. The molecule has 0 spiro atoms. The van der Waals surface area contributed by atoms with Gasteiger partial charge in [0.05, 0.1) is 10.6 Å². The van der Waals surface area contributed by atoms with Gasteiger partial charge in [-0.05, 0) is 47.0 Å². The Balaban J connectivity index is 1.98. The minimum absolute atomic E-state index is 0.394. The summed E-state index contributed by atoms with van der Waals surface area (Å²) in [6.07, 6.45) is 1.80. The number of rotatable bonds is 2. The normalized spacial score (nSPS) is 17.1. The number of hydrogen-bond donors (Lipinski definition) is 1. The second-order valence-corrected chi connectivity index (χ2v) is 5.47. The van der Waals surface area contributed by atoms with Gasteiger partial charge in [-0.3, -0.25) is 0 Å². The van der Waals surface area contributed by atoms with Crippen LogP contribution in [0.2, 0.25) is 5.02 Å². The average molecular weight is 315 g/mol. The smallest absolute Gasteiger partial charge is 0.247 e. The largest absolute Gasteiger partial charge is 0.337 e. The van der Waals surface area contributed by atoms with Crippen molar-refractivity contribution < 1.29 is 4.52 Å². The first-order chi connectivity index (χ1) is 8.08. The van der Waals surface area contributed by atoms with Gasteiger partial charge >= 0.3 is 0 Å². The maximum atomic E-state index is 5.99. The van der Waals surface area contributed by atoms with Crippen LogP contribution in [0.15, 0.2) is 27.2 Å². The minimum atomic E-state index is -0.394. The summed E-state index contributed by atoms with van der Waals surface area (Å²) in [7, 11) is 0. The molecule has 0 bridgehead atoms. The summed E-state index contributed by atoms with van der Waals surface area (Å²) in [5.41, 5.74) is 6.44. The van der Waals surface area contributed by atoms with Gasteiger partial charge in [0.1, 0.15) is 0 Å². The molecule has 1 aromatic carbocycles. The summed E-state index contributed by atoms with van der Waals surface area (Å²) in [6.45, 7) is 0. The van der Waals surface area contributed by atoms with E-state index >= 15 is 0 Å². The Morgan fingerprint density at radius 3 is 2.82 bits per heavy atom. The molecule has 2 aromatic rings.